The maximum absolute atomic E-state index is 8.52. The molecule has 5 nitrogen and oxygen atoms in total. The van der Waals surface area contributed by atoms with Crippen molar-refractivity contribution in [2.45, 2.75) is 0 Å². The normalized spacial score (nSPS) is 7.25. The minimum Gasteiger partial charge on any atom is -1.00 e. The van der Waals surface area contributed by atoms with Crippen LogP contribution in [-0.4, -0.2) is 69.1 Å². The van der Waals surface area contributed by atoms with E-state index in [0.717, 1.165) is 0 Å². The first-order valence-corrected chi connectivity index (χ1v) is 2.00. The average molecular weight is 165 g/mol. The van der Waals surface area contributed by atoms with Crippen molar-refractivity contribution in [3.8, 4) is 0 Å². The minimum atomic E-state index is -5.17. The summed E-state index contributed by atoms with van der Waals surface area (Å²) in [4.78, 5) is 0. The standard InChI is InChI=1S/2Mg.H2O4S.H2O.2H/c;;1-5(2,3)4;;;/h;;(H2,1,2,3,4);1H2;;/q2*+2;;;2*-1/p-2. The van der Waals surface area contributed by atoms with Gasteiger partial charge in [-0.2, -0.15) is 0 Å². The molecule has 8 heavy (non-hydrogen) atoms. The van der Waals surface area contributed by atoms with Crippen LogP contribution in [0.2, 0.25) is 0 Å². The Hall–Kier alpha value is 1.36. The molecule has 2 N–H and O–H groups in total. The van der Waals surface area contributed by atoms with E-state index in [4.69, 9.17) is 17.5 Å². The van der Waals surface area contributed by atoms with Gasteiger partial charge in [0.15, 0.2) is 0 Å². The van der Waals surface area contributed by atoms with E-state index in [9.17, 15) is 0 Å². The second kappa shape index (κ2) is 8.36. The summed E-state index contributed by atoms with van der Waals surface area (Å²) >= 11 is 0. The molecule has 0 bridgehead atoms. The van der Waals surface area contributed by atoms with Crippen LogP contribution in [0.15, 0.2) is 0 Å². The van der Waals surface area contributed by atoms with E-state index in [0.29, 0.717) is 0 Å². The van der Waals surface area contributed by atoms with Gasteiger partial charge in [-0.15, -0.1) is 0 Å². The van der Waals surface area contributed by atoms with E-state index >= 15 is 0 Å². The summed E-state index contributed by atoms with van der Waals surface area (Å²) in [5.41, 5.74) is 0. The molecule has 0 unspecified atom stereocenters. The summed E-state index contributed by atoms with van der Waals surface area (Å²) in [7, 11) is -5.17. The molecule has 0 aliphatic carbocycles. The van der Waals surface area contributed by atoms with Crippen LogP contribution < -0.4 is 0 Å². The van der Waals surface area contributed by atoms with Gasteiger partial charge in [-0.3, -0.25) is 8.42 Å². The Morgan fingerprint density at radius 1 is 1.12 bits per heavy atom. The van der Waals surface area contributed by atoms with E-state index in [1.54, 1.807) is 0 Å². The number of hydrogen-bond donors (Lipinski definition) is 0. The van der Waals surface area contributed by atoms with Crippen molar-refractivity contribution in [2.75, 3.05) is 0 Å². The smallest absolute Gasteiger partial charge is 1.00 e. The Morgan fingerprint density at radius 3 is 1.12 bits per heavy atom. The van der Waals surface area contributed by atoms with Crippen molar-refractivity contribution in [3.05, 3.63) is 0 Å². The Labute approximate surface area is 82.0 Å². The molecule has 0 aliphatic rings. The topological polar surface area (TPSA) is 112 Å². The zero-order chi connectivity index (χ0) is 4.50. The van der Waals surface area contributed by atoms with Crippen molar-refractivity contribution >= 4 is 56.5 Å². The van der Waals surface area contributed by atoms with E-state index in [1.165, 1.54) is 0 Å². The molecule has 0 fully saturated rings. The van der Waals surface area contributed by atoms with Gasteiger partial charge in [0.25, 0.3) is 0 Å². The van der Waals surface area contributed by atoms with Crippen LogP contribution in [0.4, 0.5) is 0 Å². The molecule has 0 atom stereocenters. The van der Waals surface area contributed by atoms with E-state index in [1.807, 2.05) is 0 Å². The first kappa shape index (κ1) is 22.8. The van der Waals surface area contributed by atoms with E-state index < -0.39 is 10.4 Å². The zero-order valence-electron chi connectivity index (χ0n) is 5.96. The second-order valence-corrected chi connectivity index (χ2v) is 1.22. The van der Waals surface area contributed by atoms with Crippen LogP contribution in [-0.2, 0) is 10.4 Å². The molecule has 0 aromatic carbocycles. The first-order chi connectivity index (χ1) is 2.00. The minimum absolute atomic E-state index is 0. The Bertz CT molecular complexity index is 101. The molecule has 0 radical (unpaired) electrons. The molecule has 0 aliphatic heterocycles. The Morgan fingerprint density at radius 2 is 1.12 bits per heavy atom. The first-order valence-electron chi connectivity index (χ1n) is 0.667. The third-order valence-electron chi connectivity index (χ3n) is 0. The van der Waals surface area contributed by atoms with Gasteiger partial charge in [-0.25, -0.2) is 0 Å². The third-order valence-corrected chi connectivity index (χ3v) is 0. The van der Waals surface area contributed by atoms with Gasteiger partial charge in [0.2, 0.25) is 0 Å². The van der Waals surface area contributed by atoms with Gasteiger partial charge in [-0.1, -0.05) is 0 Å². The zero-order valence-corrected chi connectivity index (χ0v) is 7.60. The fraction of sp³-hybridized carbons (Fsp3) is 0. The van der Waals surface area contributed by atoms with Crippen LogP contribution in [0.25, 0.3) is 0 Å². The molecule has 0 amide bonds. The van der Waals surface area contributed by atoms with Crippen molar-refractivity contribution < 1.29 is 25.9 Å². The monoisotopic (exact) mass is 164 g/mol. The molecule has 44 valence electrons. The predicted octanol–water partition coefficient (Wildman–Crippen LogP) is -2.70. The maximum atomic E-state index is 8.52. The van der Waals surface area contributed by atoms with Gasteiger partial charge >= 0.3 is 46.1 Å². The van der Waals surface area contributed by atoms with Crippen molar-refractivity contribution in [1.82, 2.24) is 0 Å². The Kier molecular flexibility index (Phi) is 23.8. The maximum Gasteiger partial charge on any atom is 2.00 e. The quantitative estimate of drug-likeness (QED) is 0.220. The van der Waals surface area contributed by atoms with E-state index in [2.05, 4.69) is 0 Å². The average Bonchev–Trinajstić information content (AvgIpc) is 0.722. The number of hydrogen-bond acceptors (Lipinski definition) is 4. The Balaban J connectivity index is -0.00000000800. The van der Waals surface area contributed by atoms with Crippen LogP contribution in [0, 0.1) is 0 Å². The van der Waals surface area contributed by atoms with Gasteiger partial charge in [0.05, 0.1) is 0 Å². The van der Waals surface area contributed by atoms with Crippen LogP contribution in [0.1, 0.15) is 2.85 Å². The summed E-state index contributed by atoms with van der Waals surface area (Å²) in [6.45, 7) is 0. The van der Waals surface area contributed by atoms with Crippen LogP contribution in [0.5, 0.6) is 0 Å². The van der Waals surface area contributed by atoms with Gasteiger partial charge in [0.1, 0.15) is 0 Å². The molecule has 8 heteroatoms. The number of rotatable bonds is 0. The molecule has 0 aromatic heterocycles. The second-order valence-electron chi connectivity index (χ2n) is 0.408. The molecule has 0 spiro atoms. The summed E-state index contributed by atoms with van der Waals surface area (Å²) in [6.07, 6.45) is 0. The molecule has 0 saturated heterocycles. The predicted molar refractivity (Wildman–Crippen MR) is 27.8 cm³/mol. The summed E-state index contributed by atoms with van der Waals surface area (Å²) < 4.78 is 34.1. The van der Waals surface area contributed by atoms with E-state index in [-0.39, 0.29) is 54.4 Å². The van der Waals surface area contributed by atoms with Gasteiger partial charge in [0, 0.05) is 10.4 Å². The largest absolute Gasteiger partial charge is 2.00 e. The van der Waals surface area contributed by atoms with Crippen molar-refractivity contribution in [2.24, 2.45) is 0 Å². The molecule has 0 heterocycles. The molecule has 0 saturated carbocycles. The van der Waals surface area contributed by atoms with Crippen molar-refractivity contribution in [1.29, 1.82) is 0 Å². The molecular weight excluding hydrogens is 161 g/mol. The third kappa shape index (κ3) is 161. The van der Waals surface area contributed by atoms with Gasteiger partial charge in [-0.05, 0) is 0 Å². The molecule has 0 rings (SSSR count). The van der Waals surface area contributed by atoms with Gasteiger partial charge < -0.3 is 17.4 Å². The fourth-order valence-electron chi connectivity index (χ4n) is 0. The summed E-state index contributed by atoms with van der Waals surface area (Å²) in [5, 5.41) is 0. The summed E-state index contributed by atoms with van der Waals surface area (Å²) in [5.74, 6) is 0. The SMILES string of the molecule is O.O=S(=O)([O-])[O-].[H-].[H-].[Mg+2].[Mg+2]. The molecule has 0 aromatic rings. The summed E-state index contributed by atoms with van der Waals surface area (Å²) in [6, 6.07) is 0. The molecular formula is H4Mg2O5S. The fourth-order valence-corrected chi connectivity index (χ4v) is 0. The van der Waals surface area contributed by atoms with Crippen molar-refractivity contribution in [3.63, 3.8) is 0 Å². The van der Waals surface area contributed by atoms with Crippen LogP contribution >= 0.6 is 0 Å². The van der Waals surface area contributed by atoms with Crippen LogP contribution in [0.3, 0.4) is 0 Å².